The summed E-state index contributed by atoms with van der Waals surface area (Å²) in [7, 11) is 0. The highest BCUT2D eigenvalue weighted by Crippen LogP contribution is 2.57. The SMILES string of the molecule is Clc1ccc2c(c1)-c1cc3ccccc3cc1C2(c1ccccc1)c1ccncc1. The summed E-state index contributed by atoms with van der Waals surface area (Å²) in [6.45, 7) is 0. The van der Waals surface area contributed by atoms with Crippen LogP contribution in [0.5, 0.6) is 0 Å². The van der Waals surface area contributed by atoms with E-state index in [1.165, 1.54) is 44.2 Å². The summed E-state index contributed by atoms with van der Waals surface area (Å²) >= 11 is 6.48. The lowest BCUT2D eigenvalue weighted by Crippen LogP contribution is -2.28. The molecule has 1 aromatic heterocycles. The molecule has 0 N–H and O–H groups in total. The van der Waals surface area contributed by atoms with Crippen molar-refractivity contribution in [1.82, 2.24) is 4.98 Å². The molecule has 1 nitrogen and oxygen atoms in total. The zero-order valence-electron chi connectivity index (χ0n) is 16.2. The van der Waals surface area contributed by atoms with Gasteiger partial charge in [-0.15, -0.1) is 0 Å². The summed E-state index contributed by atoms with van der Waals surface area (Å²) < 4.78 is 0. The van der Waals surface area contributed by atoms with Crippen LogP contribution in [0.15, 0.2) is 109 Å². The standard InChI is InChI=1S/C28H18ClN/c29-23-10-11-26-25(18-23)24-16-19-6-4-5-7-20(19)17-27(24)28(26,21-8-2-1-3-9-21)22-12-14-30-15-13-22/h1-18H. The Hall–Kier alpha value is -3.42. The maximum atomic E-state index is 6.48. The molecule has 5 aromatic rings. The Morgan fingerprint density at radius 3 is 1.97 bits per heavy atom. The number of benzene rings is 4. The van der Waals surface area contributed by atoms with Crippen molar-refractivity contribution >= 4 is 22.4 Å². The second-order valence-corrected chi connectivity index (χ2v) is 8.22. The van der Waals surface area contributed by atoms with E-state index < -0.39 is 5.41 Å². The Balaban J connectivity index is 1.84. The predicted octanol–water partition coefficient (Wildman–Crippen LogP) is 7.25. The second-order valence-electron chi connectivity index (χ2n) is 7.79. The summed E-state index contributed by atoms with van der Waals surface area (Å²) in [6, 6.07) is 34.6. The van der Waals surface area contributed by atoms with Gasteiger partial charge in [0.05, 0.1) is 5.41 Å². The van der Waals surface area contributed by atoms with E-state index in [9.17, 15) is 0 Å². The molecule has 0 bridgehead atoms. The zero-order chi connectivity index (χ0) is 20.1. The van der Waals surface area contributed by atoms with E-state index >= 15 is 0 Å². The van der Waals surface area contributed by atoms with Crippen LogP contribution in [0.3, 0.4) is 0 Å². The third-order valence-electron chi connectivity index (χ3n) is 6.29. The van der Waals surface area contributed by atoms with Gasteiger partial charge in [0.25, 0.3) is 0 Å². The zero-order valence-corrected chi connectivity index (χ0v) is 17.0. The van der Waals surface area contributed by atoms with Crippen LogP contribution in [-0.2, 0) is 5.41 Å². The number of fused-ring (bicyclic) bond motifs is 4. The molecule has 6 rings (SSSR count). The maximum Gasteiger partial charge on any atom is 0.0714 e. The van der Waals surface area contributed by atoms with Crippen molar-refractivity contribution in [2.45, 2.75) is 5.41 Å². The maximum absolute atomic E-state index is 6.48. The molecule has 0 fully saturated rings. The Morgan fingerprint density at radius 2 is 1.20 bits per heavy atom. The van der Waals surface area contributed by atoms with Crippen molar-refractivity contribution in [3.8, 4) is 11.1 Å². The minimum atomic E-state index is -0.413. The monoisotopic (exact) mass is 403 g/mol. The molecule has 1 unspecified atom stereocenters. The summed E-state index contributed by atoms with van der Waals surface area (Å²) in [5.74, 6) is 0. The molecule has 0 radical (unpaired) electrons. The van der Waals surface area contributed by atoms with E-state index in [2.05, 4.69) is 96.0 Å². The molecule has 2 heteroatoms. The van der Waals surface area contributed by atoms with Gasteiger partial charge in [-0.05, 0) is 80.6 Å². The summed E-state index contributed by atoms with van der Waals surface area (Å²) in [4.78, 5) is 4.30. The number of halogens is 1. The van der Waals surface area contributed by atoms with Gasteiger partial charge < -0.3 is 0 Å². The quantitative estimate of drug-likeness (QED) is 0.296. The van der Waals surface area contributed by atoms with Gasteiger partial charge in [-0.1, -0.05) is 72.3 Å². The summed E-state index contributed by atoms with van der Waals surface area (Å²) in [5.41, 5.74) is 7.03. The van der Waals surface area contributed by atoms with Gasteiger partial charge >= 0.3 is 0 Å². The first-order valence-electron chi connectivity index (χ1n) is 10.1. The van der Waals surface area contributed by atoms with E-state index in [4.69, 9.17) is 11.6 Å². The average molecular weight is 404 g/mol. The fourth-order valence-electron chi connectivity index (χ4n) is 5.06. The lowest BCUT2D eigenvalue weighted by Gasteiger charge is -2.33. The molecule has 0 saturated carbocycles. The molecule has 0 aliphatic heterocycles. The summed E-state index contributed by atoms with van der Waals surface area (Å²) in [5, 5.41) is 3.23. The molecule has 0 amide bonds. The largest absolute Gasteiger partial charge is 0.265 e. The Kier molecular flexibility index (Phi) is 3.81. The van der Waals surface area contributed by atoms with Crippen molar-refractivity contribution in [1.29, 1.82) is 0 Å². The van der Waals surface area contributed by atoms with Gasteiger partial charge in [0.2, 0.25) is 0 Å². The molecule has 1 aliphatic rings. The first kappa shape index (κ1) is 17.4. The Bertz CT molecular complexity index is 1350. The highest BCUT2D eigenvalue weighted by Gasteiger charge is 2.46. The van der Waals surface area contributed by atoms with Crippen LogP contribution in [0.1, 0.15) is 22.3 Å². The molecular formula is C28H18ClN. The normalized spacial score (nSPS) is 17.0. The molecule has 4 aromatic carbocycles. The highest BCUT2D eigenvalue weighted by molar-refractivity contribution is 6.31. The third-order valence-corrected chi connectivity index (χ3v) is 6.52. The van der Waals surface area contributed by atoms with Crippen LogP contribution in [0.25, 0.3) is 21.9 Å². The van der Waals surface area contributed by atoms with E-state index in [0.29, 0.717) is 0 Å². The Labute approximate surface area is 180 Å². The minimum Gasteiger partial charge on any atom is -0.265 e. The predicted molar refractivity (Wildman–Crippen MR) is 124 cm³/mol. The van der Waals surface area contributed by atoms with E-state index in [1.54, 1.807) is 0 Å². The van der Waals surface area contributed by atoms with E-state index in [1.807, 2.05) is 18.5 Å². The molecule has 30 heavy (non-hydrogen) atoms. The van der Waals surface area contributed by atoms with Crippen molar-refractivity contribution in [3.63, 3.8) is 0 Å². The van der Waals surface area contributed by atoms with Crippen LogP contribution < -0.4 is 0 Å². The van der Waals surface area contributed by atoms with Crippen molar-refractivity contribution in [2.75, 3.05) is 0 Å². The van der Waals surface area contributed by atoms with Crippen LogP contribution in [0.2, 0.25) is 5.02 Å². The molecule has 1 aliphatic carbocycles. The van der Waals surface area contributed by atoms with Crippen LogP contribution in [-0.4, -0.2) is 4.98 Å². The molecule has 0 saturated heterocycles. The van der Waals surface area contributed by atoms with Crippen molar-refractivity contribution < 1.29 is 0 Å². The topological polar surface area (TPSA) is 12.9 Å². The number of hydrogen-bond donors (Lipinski definition) is 0. The summed E-state index contributed by atoms with van der Waals surface area (Å²) in [6.07, 6.45) is 3.77. The molecular weight excluding hydrogens is 386 g/mol. The lowest BCUT2D eigenvalue weighted by molar-refractivity contribution is 0.767. The van der Waals surface area contributed by atoms with E-state index in [-0.39, 0.29) is 0 Å². The van der Waals surface area contributed by atoms with Crippen molar-refractivity contribution in [2.24, 2.45) is 0 Å². The molecule has 1 atom stereocenters. The van der Waals surface area contributed by atoms with Gasteiger partial charge in [-0.2, -0.15) is 0 Å². The van der Waals surface area contributed by atoms with Crippen molar-refractivity contribution in [3.05, 3.63) is 137 Å². The molecule has 0 spiro atoms. The number of pyridine rings is 1. The fraction of sp³-hybridized carbons (Fsp3) is 0.0357. The number of hydrogen-bond acceptors (Lipinski definition) is 1. The van der Waals surface area contributed by atoms with Crippen LogP contribution >= 0.6 is 11.6 Å². The minimum absolute atomic E-state index is 0.413. The number of nitrogens with zero attached hydrogens (tertiary/aromatic N) is 1. The Morgan fingerprint density at radius 1 is 0.567 bits per heavy atom. The van der Waals surface area contributed by atoms with Gasteiger partial charge in [-0.3, -0.25) is 4.98 Å². The fourth-order valence-corrected chi connectivity index (χ4v) is 5.24. The number of aromatic nitrogens is 1. The number of rotatable bonds is 2. The first-order chi connectivity index (χ1) is 14.8. The molecule has 1 heterocycles. The lowest BCUT2D eigenvalue weighted by atomic mass is 9.68. The van der Waals surface area contributed by atoms with Gasteiger partial charge in [0, 0.05) is 17.4 Å². The van der Waals surface area contributed by atoms with Gasteiger partial charge in [0.1, 0.15) is 0 Å². The van der Waals surface area contributed by atoms with Gasteiger partial charge in [-0.25, -0.2) is 0 Å². The van der Waals surface area contributed by atoms with Crippen LogP contribution in [0, 0.1) is 0 Å². The van der Waals surface area contributed by atoms with Gasteiger partial charge in [0.15, 0.2) is 0 Å². The smallest absolute Gasteiger partial charge is 0.0714 e. The first-order valence-corrected chi connectivity index (χ1v) is 10.5. The highest BCUT2D eigenvalue weighted by atomic mass is 35.5. The third kappa shape index (κ3) is 2.33. The second kappa shape index (κ2) is 6.55. The van der Waals surface area contributed by atoms with E-state index in [0.717, 1.165) is 5.02 Å². The average Bonchev–Trinajstić information content (AvgIpc) is 3.08. The molecule has 142 valence electrons. The van der Waals surface area contributed by atoms with Crippen LogP contribution in [0.4, 0.5) is 0 Å².